The fraction of sp³-hybridized carbons (Fsp3) is 0.600. The Bertz CT molecular complexity index is 343. The number of benzene rings is 1. The summed E-state index contributed by atoms with van der Waals surface area (Å²) < 4.78 is 0. The zero-order chi connectivity index (χ0) is 11.5. The average Bonchev–Trinajstić information content (AvgIpc) is 2.28. The van der Waals surface area contributed by atoms with Crippen LogP contribution in [0, 0.1) is 5.92 Å². The summed E-state index contributed by atoms with van der Waals surface area (Å²) >= 11 is 0. The fourth-order valence-electron chi connectivity index (χ4n) is 2.92. The molecule has 1 heterocycles. The van der Waals surface area contributed by atoms with Crippen LogP contribution in [0.1, 0.15) is 50.7 Å². The van der Waals surface area contributed by atoms with Crippen molar-refractivity contribution >= 4 is 0 Å². The van der Waals surface area contributed by atoms with Gasteiger partial charge in [0.1, 0.15) is 0 Å². The predicted molar refractivity (Wildman–Crippen MR) is 69.6 cm³/mol. The first-order valence-corrected chi connectivity index (χ1v) is 6.53. The van der Waals surface area contributed by atoms with Crippen LogP contribution in [-0.2, 0) is 6.54 Å². The van der Waals surface area contributed by atoms with Crippen molar-refractivity contribution in [1.29, 1.82) is 0 Å². The van der Waals surface area contributed by atoms with Gasteiger partial charge in [0.15, 0.2) is 0 Å². The SMILES string of the molecule is CCC1c2ccccc2CNC1CC(C)C. The second-order valence-corrected chi connectivity index (χ2v) is 5.33. The van der Waals surface area contributed by atoms with E-state index < -0.39 is 0 Å². The van der Waals surface area contributed by atoms with Gasteiger partial charge in [0.05, 0.1) is 0 Å². The molecule has 1 aromatic carbocycles. The minimum atomic E-state index is 0.667. The average molecular weight is 217 g/mol. The molecule has 0 aromatic heterocycles. The minimum Gasteiger partial charge on any atom is -0.309 e. The number of hydrogen-bond donors (Lipinski definition) is 1. The van der Waals surface area contributed by atoms with Crippen molar-refractivity contribution in [3.8, 4) is 0 Å². The van der Waals surface area contributed by atoms with Crippen LogP contribution in [0.5, 0.6) is 0 Å². The van der Waals surface area contributed by atoms with Crippen LogP contribution in [0.2, 0.25) is 0 Å². The van der Waals surface area contributed by atoms with E-state index >= 15 is 0 Å². The van der Waals surface area contributed by atoms with Crippen LogP contribution in [0.15, 0.2) is 24.3 Å². The van der Waals surface area contributed by atoms with Crippen LogP contribution in [-0.4, -0.2) is 6.04 Å². The molecule has 0 fully saturated rings. The van der Waals surface area contributed by atoms with Crippen molar-refractivity contribution in [3.63, 3.8) is 0 Å². The lowest BCUT2D eigenvalue weighted by Crippen LogP contribution is -2.40. The molecule has 0 spiro atoms. The molecule has 2 rings (SSSR count). The molecule has 0 bridgehead atoms. The van der Waals surface area contributed by atoms with Crippen molar-refractivity contribution in [3.05, 3.63) is 35.4 Å². The minimum absolute atomic E-state index is 0.667. The molecule has 1 N–H and O–H groups in total. The number of rotatable bonds is 3. The van der Waals surface area contributed by atoms with E-state index in [0.717, 1.165) is 12.5 Å². The van der Waals surface area contributed by atoms with E-state index in [4.69, 9.17) is 0 Å². The highest BCUT2D eigenvalue weighted by atomic mass is 14.9. The second-order valence-electron chi connectivity index (χ2n) is 5.33. The maximum Gasteiger partial charge on any atom is 0.0211 e. The van der Waals surface area contributed by atoms with Gasteiger partial charge < -0.3 is 5.32 Å². The van der Waals surface area contributed by atoms with Gasteiger partial charge in [0.2, 0.25) is 0 Å². The van der Waals surface area contributed by atoms with Crippen LogP contribution in [0.3, 0.4) is 0 Å². The number of nitrogens with one attached hydrogen (secondary N) is 1. The number of fused-ring (bicyclic) bond motifs is 1. The maximum absolute atomic E-state index is 3.71. The van der Waals surface area contributed by atoms with Crippen molar-refractivity contribution in [2.24, 2.45) is 5.92 Å². The molecule has 0 amide bonds. The summed E-state index contributed by atoms with van der Waals surface area (Å²) in [5, 5.41) is 3.71. The normalized spacial score (nSPS) is 24.5. The van der Waals surface area contributed by atoms with Gasteiger partial charge in [0.25, 0.3) is 0 Å². The highest BCUT2D eigenvalue weighted by Crippen LogP contribution is 2.33. The molecule has 2 unspecified atom stereocenters. The summed E-state index contributed by atoms with van der Waals surface area (Å²) in [5.74, 6) is 1.48. The summed E-state index contributed by atoms with van der Waals surface area (Å²) in [6.45, 7) is 7.98. The van der Waals surface area contributed by atoms with Gasteiger partial charge in [-0.25, -0.2) is 0 Å². The van der Waals surface area contributed by atoms with Gasteiger partial charge in [-0.1, -0.05) is 45.0 Å². The molecule has 0 aliphatic carbocycles. The van der Waals surface area contributed by atoms with Gasteiger partial charge in [-0.05, 0) is 35.8 Å². The summed E-state index contributed by atoms with van der Waals surface area (Å²) in [5.41, 5.74) is 3.07. The lowest BCUT2D eigenvalue weighted by atomic mass is 9.80. The van der Waals surface area contributed by atoms with Crippen LogP contribution < -0.4 is 5.32 Å². The first-order chi connectivity index (χ1) is 7.72. The molecule has 1 aromatic rings. The van der Waals surface area contributed by atoms with Crippen molar-refractivity contribution in [1.82, 2.24) is 5.32 Å². The van der Waals surface area contributed by atoms with Crippen molar-refractivity contribution < 1.29 is 0 Å². The maximum atomic E-state index is 3.71. The third-order valence-electron chi connectivity index (χ3n) is 3.66. The molecule has 1 aliphatic heterocycles. The van der Waals surface area contributed by atoms with E-state index in [1.165, 1.54) is 18.4 Å². The Hall–Kier alpha value is -0.820. The Morgan fingerprint density at radius 3 is 2.75 bits per heavy atom. The lowest BCUT2D eigenvalue weighted by Gasteiger charge is -2.35. The Balaban J connectivity index is 2.23. The molecule has 0 saturated carbocycles. The van der Waals surface area contributed by atoms with E-state index in [9.17, 15) is 0 Å². The van der Waals surface area contributed by atoms with E-state index in [2.05, 4.69) is 50.4 Å². The molecule has 1 aliphatic rings. The Morgan fingerprint density at radius 2 is 2.06 bits per heavy atom. The Labute approximate surface area is 99.3 Å². The third-order valence-corrected chi connectivity index (χ3v) is 3.66. The van der Waals surface area contributed by atoms with E-state index in [1.807, 2.05) is 0 Å². The Kier molecular flexibility index (Phi) is 3.65. The van der Waals surface area contributed by atoms with Gasteiger partial charge in [-0.15, -0.1) is 0 Å². The van der Waals surface area contributed by atoms with E-state index in [0.29, 0.717) is 12.0 Å². The molecule has 0 saturated heterocycles. The van der Waals surface area contributed by atoms with Crippen LogP contribution in [0.4, 0.5) is 0 Å². The predicted octanol–water partition coefficient (Wildman–Crippen LogP) is 3.70. The fourth-order valence-corrected chi connectivity index (χ4v) is 2.92. The van der Waals surface area contributed by atoms with Gasteiger partial charge in [-0.2, -0.15) is 0 Å². The van der Waals surface area contributed by atoms with Crippen LogP contribution in [0.25, 0.3) is 0 Å². The number of hydrogen-bond acceptors (Lipinski definition) is 1. The van der Waals surface area contributed by atoms with Crippen molar-refractivity contribution in [2.75, 3.05) is 0 Å². The third kappa shape index (κ3) is 2.30. The molecule has 0 radical (unpaired) electrons. The Morgan fingerprint density at radius 1 is 1.31 bits per heavy atom. The van der Waals surface area contributed by atoms with Gasteiger partial charge in [-0.3, -0.25) is 0 Å². The largest absolute Gasteiger partial charge is 0.309 e. The lowest BCUT2D eigenvalue weighted by molar-refractivity contribution is 0.337. The van der Waals surface area contributed by atoms with Gasteiger partial charge in [0, 0.05) is 12.6 Å². The summed E-state index contributed by atoms with van der Waals surface area (Å²) in [7, 11) is 0. The molecule has 1 heteroatoms. The molecular weight excluding hydrogens is 194 g/mol. The van der Waals surface area contributed by atoms with E-state index in [1.54, 1.807) is 5.56 Å². The molecule has 1 nitrogen and oxygen atoms in total. The van der Waals surface area contributed by atoms with Crippen molar-refractivity contribution in [2.45, 2.75) is 52.1 Å². The van der Waals surface area contributed by atoms with Crippen LogP contribution >= 0.6 is 0 Å². The highest BCUT2D eigenvalue weighted by Gasteiger charge is 2.27. The molecule has 2 atom stereocenters. The smallest absolute Gasteiger partial charge is 0.0211 e. The molecular formula is C15H23N. The first kappa shape index (κ1) is 11.7. The monoisotopic (exact) mass is 217 g/mol. The first-order valence-electron chi connectivity index (χ1n) is 6.53. The zero-order valence-electron chi connectivity index (χ0n) is 10.7. The summed E-state index contributed by atoms with van der Waals surface area (Å²) in [6, 6.07) is 9.57. The van der Waals surface area contributed by atoms with Gasteiger partial charge >= 0.3 is 0 Å². The second kappa shape index (κ2) is 5.01. The molecule has 16 heavy (non-hydrogen) atoms. The summed E-state index contributed by atoms with van der Waals surface area (Å²) in [4.78, 5) is 0. The molecule has 88 valence electrons. The highest BCUT2D eigenvalue weighted by molar-refractivity contribution is 5.33. The van der Waals surface area contributed by atoms with E-state index in [-0.39, 0.29) is 0 Å². The zero-order valence-corrected chi connectivity index (χ0v) is 10.7. The summed E-state index contributed by atoms with van der Waals surface area (Å²) in [6.07, 6.45) is 2.52. The topological polar surface area (TPSA) is 12.0 Å². The quantitative estimate of drug-likeness (QED) is 0.814. The standard InChI is InChI=1S/C15H23N/c1-4-13-14-8-6-5-7-12(14)10-16-15(13)9-11(2)3/h5-8,11,13,15-16H,4,9-10H2,1-3H3.